The van der Waals surface area contributed by atoms with Crippen molar-refractivity contribution in [1.82, 2.24) is 4.98 Å². The fourth-order valence-electron chi connectivity index (χ4n) is 1.40. The van der Waals surface area contributed by atoms with E-state index in [1.165, 1.54) is 12.1 Å². The molecule has 4 heteroatoms. The molecule has 2 aromatic rings. The summed E-state index contributed by atoms with van der Waals surface area (Å²) in [5.74, 6) is -1.18. The van der Waals surface area contributed by atoms with E-state index in [4.69, 9.17) is 0 Å². The predicted octanol–water partition coefficient (Wildman–Crippen LogP) is 3.92. The zero-order valence-electron chi connectivity index (χ0n) is 8.25. The van der Waals surface area contributed by atoms with Crippen molar-refractivity contribution in [2.45, 2.75) is 5.33 Å². The highest BCUT2D eigenvalue weighted by molar-refractivity contribution is 9.08. The summed E-state index contributed by atoms with van der Waals surface area (Å²) in [6.45, 7) is 0. The summed E-state index contributed by atoms with van der Waals surface area (Å²) < 4.78 is 26.2. The molecule has 0 spiro atoms. The van der Waals surface area contributed by atoms with Crippen LogP contribution in [0.15, 0.2) is 36.4 Å². The standard InChI is InChI=1S/C12H8BrF2N/c13-7-9-2-1-3-12(16-9)10-5-4-8(14)6-11(10)15/h1-6H,7H2. The van der Waals surface area contributed by atoms with Crippen LogP contribution >= 0.6 is 15.9 Å². The minimum absolute atomic E-state index is 0.309. The van der Waals surface area contributed by atoms with E-state index in [0.717, 1.165) is 11.8 Å². The average molecular weight is 284 g/mol. The maximum atomic E-state index is 13.5. The lowest BCUT2D eigenvalue weighted by Crippen LogP contribution is -1.92. The first-order valence-corrected chi connectivity index (χ1v) is 5.80. The van der Waals surface area contributed by atoms with Crippen molar-refractivity contribution in [3.63, 3.8) is 0 Å². The van der Waals surface area contributed by atoms with E-state index in [9.17, 15) is 8.78 Å². The molecule has 0 unspecified atom stereocenters. The van der Waals surface area contributed by atoms with Crippen molar-refractivity contribution in [3.8, 4) is 11.3 Å². The Balaban J connectivity index is 2.49. The van der Waals surface area contributed by atoms with Crippen LogP contribution in [0.4, 0.5) is 8.78 Å². The molecule has 82 valence electrons. The molecule has 0 aliphatic rings. The molecule has 0 aliphatic heterocycles. The Labute approximate surface area is 100 Å². The van der Waals surface area contributed by atoms with Gasteiger partial charge in [-0.1, -0.05) is 22.0 Å². The van der Waals surface area contributed by atoms with Crippen LogP contribution < -0.4 is 0 Å². The molecule has 0 fully saturated rings. The summed E-state index contributed by atoms with van der Waals surface area (Å²) in [5, 5.41) is 0.601. The number of aromatic nitrogens is 1. The van der Waals surface area contributed by atoms with Crippen LogP contribution in [0, 0.1) is 11.6 Å². The quantitative estimate of drug-likeness (QED) is 0.762. The lowest BCUT2D eigenvalue weighted by atomic mass is 10.1. The third-order valence-corrected chi connectivity index (χ3v) is 2.73. The molecule has 0 saturated carbocycles. The molecule has 16 heavy (non-hydrogen) atoms. The molecule has 1 nitrogen and oxygen atoms in total. The molecular formula is C12H8BrF2N. The number of nitrogens with zero attached hydrogens (tertiary/aromatic N) is 1. The van der Waals surface area contributed by atoms with Gasteiger partial charge < -0.3 is 0 Å². The lowest BCUT2D eigenvalue weighted by Gasteiger charge is -2.04. The van der Waals surface area contributed by atoms with Crippen LogP contribution in [0.2, 0.25) is 0 Å². The Hall–Kier alpha value is -1.29. The molecule has 0 atom stereocenters. The highest BCUT2D eigenvalue weighted by Gasteiger charge is 2.07. The van der Waals surface area contributed by atoms with Crippen molar-refractivity contribution in [2.24, 2.45) is 0 Å². The van der Waals surface area contributed by atoms with Gasteiger partial charge in [0.2, 0.25) is 0 Å². The first kappa shape index (κ1) is 11.2. The van der Waals surface area contributed by atoms with Gasteiger partial charge in [-0.2, -0.15) is 0 Å². The largest absolute Gasteiger partial charge is 0.252 e. The number of alkyl halides is 1. The van der Waals surface area contributed by atoms with E-state index in [1.807, 2.05) is 6.07 Å². The zero-order chi connectivity index (χ0) is 11.5. The van der Waals surface area contributed by atoms with Gasteiger partial charge in [0.1, 0.15) is 11.6 Å². The zero-order valence-corrected chi connectivity index (χ0v) is 9.84. The second-order valence-corrected chi connectivity index (χ2v) is 3.83. The average Bonchev–Trinajstić information content (AvgIpc) is 2.29. The van der Waals surface area contributed by atoms with Gasteiger partial charge in [-0.25, -0.2) is 8.78 Å². The Bertz CT molecular complexity index is 514. The lowest BCUT2D eigenvalue weighted by molar-refractivity contribution is 0.585. The highest BCUT2D eigenvalue weighted by atomic mass is 79.9. The number of rotatable bonds is 2. The second-order valence-electron chi connectivity index (χ2n) is 3.27. The van der Waals surface area contributed by atoms with E-state index in [1.54, 1.807) is 12.1 Å². The normalized spacial score (nSPS) is 10.4. The summed E-state index contributed by atoms with van der Waals surface area (Å²) in [6.07, 6.45) is 0. The van der Waals surface area contributed by atoms with Crippen molar-refractivity contribution in [2.75, 3.05) is 0 Å². The molecule has 0 radical (unpaired) electrons. The number of hydrogen-bond donors (Lipinski definition) is 0. The maximum Gasteiger partial charge on any atom is 0.135 e. The van der Waals surface area contributed by atoms with Crippen molar-refractivity contribution >= 4 is 15.9 Å². The fourth-order valence-corrected chi connectivity index (χ4v) is 1.71. The van der Waals surface area contributed by atoms with E-state index in [0.29, 0.717) is 16.6 Å². The van der Waals surface area contributed by atoms with Gasteiger partial charge in [-0.15, -0.1) is 0 Å². The summed E-state index contributed by atoms with van der Waals surface area (Å²) in [7, 11) is 0. The maximum absolute atomic E-state index is 13.5. The van der Waals surface area contributed by atoms with Gasteiger partial charge in [-0.05, 0) is 24.3 Å². The van der Waals surface area contributed by atoms with Crippen molar-refractivity contribution in [3.05, 3.63) is 53.7 Å². The molecule has 0 amide bonds. The smallest absolute Gasteiger partial charge is 0.135 e. The van der Waals surface area contributed by atoms with Crippen LogP contribution in [0.25, 0.3) is 11.3 Å². The molecule has 0 bridgehead atoms. The molecule has 0 N–H and O–H groups in total. The monoisotopic (exact) mass is 283 g/mol. The molecule has 0 aliphatic carbocycles. The van der Waals surface area contributed by atoms with Gasteiger partial charge in [0, 0.05) is 17.0 Å². The van der Waals surface area contributed by atoms with Gasteiger partial charge in [0.05, 0.1) is 11.4 Å². The van der Waals surface area contributed by atoms with Crippen molar-refractivity contribution in [1.29, 1.82) is 0 Å². The van der Waals surface area contributed by atoms with Gasteiger partial charge in [0.25, 0.3) is 0 Å². The molecule has 2 rings (SSSR count). The van der Waals surface area contributed by atoms with Crippen LogP contribution in [0.3, 0.4) is 0 Å². The molecule has 0 saturated heterocycles. The van der Waals surface area contributed by atoms with E-state index in [-0.39, 0.29) is 0 Å². The Kier molecular flexibility index (Phi) is 3.29. The highest BCUT2D eigenvalue weighted by Crippen LogP contribution is 2.22. The van der Waals surface area contributed by atoms with Gasteiger partial charge >= 0.3 is 0 Å². The molecular weight excluding hydrogens is 276 g/mol. The van der Waals surface area contributed by atoms with Gasteiger partial charge in [-0.3, -0.25) is 4.98 Å². The fraction of sp³-hybridized carbons (Fsp3) is 0.0833. The topological polar surface area (TPSA) is 12.9 Å². The Morgan fingerprint density at radius 1 is 1.12 bits per heavy atom. The van der Waals surface area contributed by atoms with Crippen LogP contribution in [-0.2, 0) is 5.33 Å². The van der Waals surface area contributed by atoms with Gasteiger partial charge in [0.15, 0.2) is 0 Å². The molecule has 1 heterocycles. The first-order valence-electron chi connectivity index (χ1n) is 4.68. The Morgan fingerprint density at radius 2 is 1.94 bits per heavy atom. The van der Waals surface area contributed by atoms with E-state index in [2.05, 4.69) is 20.9 Å². The summed E-state index contributed by atoms with van der Waals surface area (Å²) in [5.41, 5.74) is 1.62. The minimum atomic E-state index is -0.598. The Morgan fingerprint density at radius 3 is 2.62 bits per heavy atom. The first-order chi connectivity index (χ1) is 7.70. The summed E-state index contributed by atoms with van der Waals surface area (Å²) >= 11 is 3.28. The summed E-state index contributed by atoms with van der Waals surface area (Å²) in [4.78, 5) is 4.24. The number of benzene rings is 1. The van der Waals surface area contributed by atoms with Crippen LogP contribution in [0.5, 0.6) is 0 Å². The minimum Gasteiger partial charge on any atom is -0.252 e. The van der Waals surface area contributed by atoms with Crippen molar-refractivity contribution < 1.29 is 8.78 Å². The van der Waals surface area contributed by atoms with Crippen LogP contribution in [0.1, 0.15) is 5.69 Å². The van der Waals surface area contributed by atoms with E-state index < -0.39 is 11.6 Å². The predicted molar refractivity (Wildman–Crippen MR) is 62.2 cm³/mol. The molecule has 1 aromatic carbocycles. The number of hydrogen-bond acceptors (Lipinski definition) is 1. The third kappa shape index (κ3) is 2.27. The van der Waals surface area contributed by atoms with E-state index >= 15 is 0 Å². The second kappa shape index (κ2) is 4.70. The van der Waals surface area contributed by atoms with Crippen LogP contribution in [-0.4, -0.2) is 4.98 Å². The number of halogens is 3. The summed E-state index contributed by atoms with van der Waals surface area (Å²) in [6, 6.07) is 8.80. The molecule has 1 aromatic heterocycles. The SMILES string of the molecule is Fc1ccc(-c2cccc(CBr)n2)c(F)c1. The number of pyridine rings is 1. The third-order valence-electron chi connectivity index (χ3n) is 2.15.